The average molecular weight is 429 g/mol. The molecule has 3 nitrogen and oxygen atoms in total. The van der Waals surface area contributed by atoms with Crippen LogP contribution in [0.3, 0.4) is 0 Å². The Hall–Kier alpha value is -1.09. The van der Waals surface area contributed by atoms with Crippen LogP contribution < -0.4 is 0 Å². The largest absolute Gasteiger partial charge is 0.481 e. The Morgan fingerprint density at radius 2 is 1.87 bits per heavy atom. The zero-order chi connectivity index (χ0) is 22.6. The van der Waals surface area contributed by atoms with E-state index >= 15 is 0 Å². The first-order valence-corrected chi connectivity index (χ1v) is 12.9. The summed E-state index contributed by atoms with van der Waals surface area (Å²) >= 11 is 0. The zero-order valence-corrected chi connectivity index (χ0v) is 20.4. The fourth-order valence-corrected chi connectivity index (χ4v) is 8.71. The third-order valence-corrected chi connectivity index (χ3v) is 10.3. The van der Waals surface area contributed by atoms with E-state index < -0.39 is 18.0 Å². The van der Waals surface area contributed by atoms with Gasteiger partial charge in [0.05, 0.1) is 12.0 Å². The number of carboxylic acid groups (broad SMARTS) is 1. The van der Waals surface area contributed by atoms with E-state index in [-0.39, 0.29) is 11.3 Å². The van der Waals surface area contributed by atoms with Crippen molar-refractivity contribution in [2.75, 3.05) is 0 Å². The van der Waals surface area contributed by atoms with Gasteiger partial charge < -0.3 is 10.2 Å². The van der Waals surface area contributed by atoms with Crippen molar-refractivity contribution in [1.82, 2.24) is 0 Å². The van der Waals surface area contributed by atoms with Crippen LogP contribution in [-0.2, 0) is 4.79 Å². The third-order valence-electron chi connectivity index (χ3n) is 10.3. The highest BCUT2D eigenvalue weighted by Crippen LogP contribution is 2.66. The molecule has 31 heavy (non-hydrogen) atoms. The van der Waals surface area contributed by atoms with E-state index in [4.69, 9.17) is 0 Å². The number of carboxylic acids is 1. The van der Waals surface area contributed by atoms with Crippen molar-refractivity contribution in [3.63, 3.8) is 0 Å². The molecule has 4 aliphatic carbocycles. The van der Waals surface area contributed by atoms with Crippen LogP contribution in [0, 0.1) is 40.4 Å². The Balaban J connectivity index is 1.59. The van der Waals surface area contributed by atoms with Crippen LogP contribution in [0.1, 0.15) is 98.8 Å². The minimum atomic E-state index is -0.792. The lowest BCUT2D eigenvalue weighted by Gasteiger charge is -2.56. The number of aliphatic carboxylic acids is 1. The minimum Gasteiger partial charge on any atom is -0.481 e. The molecule has 0 amide bonds. The summed E-state index contributed by atoms with van der Waals surface area (Å²) in [7, 11) is 0. The lowest BCUT2D eigenvalue weighted by molar-refractivity contribution is -0.156. The fourth-order valence-electron chi connectivity index (χ4n) is 8.71. The van der Waals surface area contributed by atoms with E-state index in [1.807, 2.05) is 0 Å². The SMILES string of the molecule is CC(C)=CCC[C@@H](C)[C@H]1CC[C@H]2C3=C(CC[C@]12C)[C@@]1(C)CC[C@H](O)[C@H](C(=O)O)C1CC3. The Kier molecular flexibility index (Phi) is 6.22. The second-order valence-electron chi connectivity index (χ2n) is 12.1. The van der Waals surface area contributed by atoms with E-state index in [2.05, 4.69) is 40.7 Å². The van der Waals surface area contributed by atoms with Crippen LogP contribution in [0.25, 0.3) is 0 Å². The second kappa shape index (κ2) is 8.36. The lowest BCUT2D eigenvalue weighted by Crippen LogP contribution is -2.51. The van der Waals surface area contributed by atoms with Crippen LogP contribution in [0.2, 0.25) is 0 Å². The molecule has 8 atom stereocenters. The molecule has 4 rings (SSSR count). The van der Waals surface area contributed by atoms with Crippen molar-refractivity contribution in [3.8, 4) is 0 Å². The molecule has 2 N–H and O–H groups in total. The molecule has 0 aromatic rings. The summed E-state index contributed by atoms with van der Waals surface area (Å²) in [6.07, 6.45) is 12.9. The van der Waals surface area contributed by atoms with Crippen LogP contribution in [-0.4, -0.2) is 22.3 Å². The first kappa shape index (κ1) is 23.1. The summed E-state index contributed by atoms with van der Waals surface area (Å²) in [5.41, 5.74) is 5.14. The number of hydrogen-bond acceptors (Lipinski definition) is 2. The lowest BCUT2D eigenvalue weighted by atomic mass is 9.48. The standard InChI is InChI=1S/C28H44O3/c1-17(2)7-6-8-18(3)20-11-12-21-19-9-10-23-25(26(30)31)24(29)14-16-28(23,5)22(19)13-15-27(20,21)4/h7,18,20-21,23-25,29H,6,8-16H2,1-5H3,(H,30,31)/t18-,20-,21+,23?,24+,25-,27-,28-/m1/s1. The molecule has 2 fully saturated rings. The summed E-state index contributed by atoms with van der Waals surface area (Å²) in [6.45, 7) is 11.8. The average Bonchev–Trinajstić information content (AvgIpc) is 3.05. The second-order valence-corrected chi connectivity index (χ2v) is 12.1. The van der Waals surface area contributed by atoms with Gasteiger partial charge in [-0.3, -0.25) is 4.79 Å². The van der Waals surface area contributed by atoms with Crippen molar-refractivity contribution in [2.24, 2.45) is 40.4 Å². The molecular weight excluding hydrogens is 384 g/mol. The maximum atomic E-state index is 12.0. The number of aliphatic hydroxyl groups is 1. The third kappa shape index (κ3) is 3.73. The molecule has 2 saturated carbocycles. The molecule has 0 aliphatic heterocycles. The molecule has 4 aliphatic rings. The van der Waals surface area contributed by atoms with Gasteiger partial charge in [-0.15, -0.1) is 0 Å². The Labute approximate surface area is 189 Å². The van der Waals surface area contributed by atoms with Crippen molar-refractivity contribution in [1.29, 1.82) is 0 Å². The van der Waals surface area contributed by atoms with Crippen LogP contribution >= 0.6 is 0 Å². The fraction of sp³-hybridized carbons (Fsp3) is 0.821. The number of fused-ring (bicyclic) bond motifs is 4. The number of allylic oxidation sites excluding steroid dienone is 4. The number of rotatable bonds is 5. The highest BCUT2D eigenvalue weighted by atomic mass is 16.4. The maximum Gasteiger partial charge on any atom is 0.309 e. The van der Waals surface area contributed by atoms with Crippen molar-refractivity contribution >= 4 is 5.97 Å². The molecule has 0 heterocycles. The quantitative estimate of drug-likeness (QED) is 0.475. The minimum absolute atomic E-state index is 0.0235. The van der Waals surface area contributed by atoms with E-state index in [1.165, 1.54) is 37.7 Å². The molecule has 0 saturated heterocycles. The van der Waals surface area contributed by atoms with Gasteiger partial charge in [-0.2, -0.15) is 0 Å². The predicted molar refractivity (Wildman–Crippen MR) is 126 cm³/mol. The number of hydrogen-bond donors (Lipinski definition) is 2. The van der Waals surface area contributed by atoms with E-state index in [0.717, 1.165) is 37.5 Å². The summed E-state index contributed by atoms with van der Waals surface area (Å²) < 4.78 is 0. The van der Waals surface area contributed by atoms with Gasteiger partial charge in [-0.05, 0) is 113 Å². The van der Waals surface area contributed by atoms with Gasteiger partial charge in [-0.25, -0.2) is 0 Å². The molecular formula is C28H44O3. The smallest absolute Gasteiger partial charge is 0.309 e. The van der Waals surface area contributed by atoms with E-state index in [1.54, 1.807) is 11.1 Å². The first-order valence-electron chi connectivity index (χ1n) is 12.9. The highest BCUT2D eigenvalue weighted by molar-refractivity contribution is 5.72. The molecule has 1 unspecified atom stereocenters. The van der Waals surface area contributed by atoms with Gasteiger partial charge in [-0.1, -0.05) is 43.6 Å². The van der Waals surface area contributed by atoms with Gasteiger partial charge >= 0.3 is 5.97 Å². The summed E-state index contributed by atoms with van der Waals surface area (Å²) in [6, 6.07) is 0. The summed E-state index contributed by atoms with van der Waals surface area (Å²) in [5, 5.41) is 20.3. The van der Waals surface area contributed by atoms with Crippen LogP contribution in [0.15, 0.2) is 22.8 Å². The molecule has 3 heteroatoms. The zero-order valence-electron chi connectivity index (χ0n) is 20.4. The van der Waals surface area contributed by atoms with Crippen LogP contribution in [0.4, 0.5) is 0 Å². The topological polar surface area (TPSA) is 57.5 Å². The van der Waals surface area contributed by atoms with E-state index in [0.29, 0.717) is 17.8 Å². The number of carbonyl (C=O) groups is 1. The number of aliphatic hydroxyl groups excluding tert-OH is 1. The van der Waals surface area contributed by atoms with E-state index in [9.17, 15) is 15.0 Å². The van der Waals surface area contributed by atoms with Gasteiger partial charge in [0.2, 0.25) is 0 Å². The Morgan fingerprint density at radius 1 is 1.13 bits per heavy atom. The predicted octanol–water partition coefficient (Wildman–Crippen LogP) is 6.76. The Morgan fingerprint density at radius 3 is 2.55 bits per heavy atom. The summed E-state index contributed by atoms with van der Waals surface area (Å²) in [4.78, 5) is 12.0. The molecule has 0 aromatic heterocycles. The van der Waals surface area contributed by atoms with Gasteiger partial charge in [0, 0.05) is 0 Å². The van der Waals surface area contributed by atoms with Gasteiger partial charge in [0.1, 0.15) is 0 Å². The Bertz CT molecular complexity index is 775. The maximum absolute atomic E-state index is 12.0. The van der Waals surface area contributed by atoms with Gasteiger partial charge in [0.25, 0.3) is 0 Å². The monoisotopic (exact) mass is 428 g/mol. The van der Waals surface area contributed by atoms with Crippen LogP contribution in [0.5, 0.6) is 0 Å². The first-order chi connectivity index (χ1) is 14.6. The normalized spacial score (nSPS) is 43.0. The molecule has 0 bridgehead atoms. The molecule has 174 valence electrons. The van der Waals surface area contributed by atoms with Crippen molar-refractivity contribution < 1.29 is 15.0 Å². The summed E-state index contributed by atoms with van der Waals surface area (Å²) in [5.74, 6) is 0.979. The molecule has 0 spiro atoms. The molecule has 0 radical (unpaired) electrons. The highest BCUT2D eigenvalue weighted by Gasteiger charge is 2.58. The van der Waals surface area contributed by atoms with Crippen molar-refractivity contribution in [3.05, 3.63) is 22.8 Å². The molecule has 0 aromatic carbocycles. The van der Waals surface area contributed by atoms with Gasteiger partial charge in [0.15, 0.2) is 0 Å². The van der Waals surface area contributed by atoms with Crippen molar-refractivity contribution in [2.45, 2.75) is 105 Å².